The molecule has 0 radical (unpaired) electrons. The van der Waals surface area contributed by atoms with Crippen molar-refractivity contribution in [2.75, 3.05) is 0 Å². The Morgan fingerprint density at radius 1 is 1.36 bits per heavy atom. The molecule has 1 aromatic rings. The van der Waals surface area contributed by atoms with Crippen LogP contribution in [0.5, 0.6) is 0 Å². The van der Waals surface area contributed by atoms with E-state index in [-0.39, 0.29) is 0 Å². The molecule has 1 aromatic heterocycles. The highest BCUT2D eigenvalue weighted by molar-refractivity contribution is 5.04. The fourth-order valence-electron chi connectivity index (χ4n) is 1.81. The summed E-state index contributed by atoms with van der Waals surface area (Å²) in [6.07, 6.45) is 11.8. The van der Waals surface area contributed by atoms with E-state index in [4.69, 9.17) is 0 Å². The van der Waals surface area contributed by atoms with Crippen LogP contribution < -0.4 is 0 Å². The minimum Gasteiger partial charge on any atom is -0.386 e. The number of hydrogen-bond donors (Lipinski definition) is 1. The Bertz CT molecular complexity index is 310. The third-order valence-corrected chi connectivity index (χ3v) is 2.64. The van der Waals surface area contributed by atoms with Gasteiger partial charge in [0.2, 0.25) is 0 Å². The Morgan fingerprint density at radius 3 is 2.93 bits per heavy atom. The lowest BCUT2D eigenvalue weighted by Crippen LogP contribution is -2.15. The Hall–Kier alpha value is -1.22. The second-order valence-corrected chi connectivity index (χ2v) is 3.62. The summed E-state index contributed by atoms with van der Waals surface area (Å²) in [6.45, 7) is 0. The molecule has 74 valence electrons. The summed E-state index contributed by atoms with van der Waals surface area (Å²) in [4.78, 5) is 8.08. The van der Waals surface area contributed by atoms with Crippen molar-refractivity contribution in [3.63, 3.8) is 0 Å². The van der Waals surface area contributed by atoms with Gasteiger partial charge in [0, 0.05) is 12.4 Å². The largest absolute Gasteiger partial charge is 0.386 e. The van der Waals surface area contributed by atoms with E-state index in [1.54, 1.807) is 18.6 Å². The van der Waals surface area contributed by atoms with Crippen LogP contribution in [0.25, 0.3) is 0 Å². The number of aliphatic hydroxyl groups is 1. The first-order valence-corrected chi connectivity index (χ1v) is 4.97. The van der Waals surface area contributed by atoms with Gasteiger partial charge in [-0.25, -0.2) is 0 Å². The number of aromatic nitrogens is 2. The van der Waals surface area contributed by atoms with Crippen molar-refractivity contribution in [3.8, 4) is 0 Å². The molecule has 3 nitrogen and oxygen atoms in total. The Labute approximate surface area is 83.5 Å². The predicted octanol–water partition coefficient (Wildman–Crippen LogP) is 1.87. The first-order valence-electron chi connectivity index (χ1n) is 4.97. The lowest BCUT2D eigenvalue weighted by atomic mass is 9.88. The van der Waals surface area contributed by atoms with Gasteiger partial charge in [-0.1, -0.05) is 12.2 Å². The maximum atomic E-state index is 10.0. The van der Waals surface area contributed by atoms with Gasteiger partial charge in [-0.15, -0.1) is 0 Å². The molecule has 1 heterocycles. The van der Waals surface area contributed by atoms with Crippen LogP contribution in [-0.2, 0) is 0 Å². The first-order chi connectivity index (χ1) is 6.88. The highest BCUT2D eigenvalue weighted by Crippen LogP contribution is 2.29. The monoisotopic (exact) mass is 190 g/mol. The van der Waals surface area contributed by atoms with E-state index in [1.807, 2.05) is 0 Å². The van der Waals surface area contributed by atoms with Crippen LogP contribution in [0.3, 0.4) is 0 Å². The molecule has 2 atom stereocenters. The van der Waals surface area contributed by atoms with Crippen molar-refractivity contribution in [2.24, 2.45) is 5.92 Å². The first kappa shape index (κ1) is 9.34. The van der Waals surface area contributed by atoms with Gasteiger partial charge in [0.15, 0.2) is 0 Å². The molecular weight excluding hydrogens is 176 g/mol. The van der Waals surface area contributed by atoms with Crippen molar-refractivity contribution in [3.05, 3.63) is 36.4 Å². The third kappa shape index (κ3) is 1.99. The van der Waals surface area contributed by atoms with E-state index in [0.29, 0.717) is 11.6 Å². The lowest BCUT2D eigenvalue weighted by Gasteiger charge is -2.22. The molecule has 3 heteroatoms. The van der Waals surface area contributed by atoms with Crippen LogP contribution in [0.1, 0.15) is 31.1 Å². The highest BCUT2D eigenvalue weighted by Gasteiger charge is 2.21. The summed E-state index contributed by atoms with van der Waals surface area (Å²) in [7, 11) is 0. The van der Waals surface area contributed by atoms with Gasteiger partial charge in [-0.05, 0) is 25.2 Å². The van der Waals surface area contributed by atoms with Crippen LogP contribution in [0.15, 0.2) is 30.7 Å². The molecule has 0 amide bonds. The van der Waals surface area contributed by atoms with Crippen LogP contribution in [-0.4, -0.2) is 15.1 Å². The number of aliphatic hydroxyl groups excluding tert-OH is 1. The summed E-state index contributed by atoms with van der Waals surface area (Å²) in [6, 6.07) is 0. The van der Waals surface area contributed by atoms with Crippen molar-refractivity contribution in [2.45, 2.75) is 25.4 Å². The van der Waals surface area contributed by atoms with E-state index in [9.17, 15) is 5.11 Å². The zero-order valence-electron chi connectivity index (χ0n) is 8.00. The number of hydrogen-bond acceptors (Lipinski definition) is 3. The molecular formula is C11H14N2O. The average Bonchev–Trinajstić information content (AvgIpc) is 2.30. The van der Waals surface area contributed by atoms with Gasteiger partial charge in [-0.3, -0.25) is 9.97 Å². The summed E-state index contributed by atoms with van der Waals surface area (Å²) >= 11 is 0. The highest BCUT2D eigenvalue weighted by atomic mass is 16.3. The molecule has 0 aliphatic heterocycles. The zero-order valence-corrected chi connectivity index (χ0v) is 8.00. The molecule has 1 N–H and O–H groups in total. The van der Waals surface area contributed by atoms with Gasteiger partial charge in [0.05, 0.1) is 11.9 Å². The molecule has 0 saturated carbocycles. The molecule has 1 aliphatic rings. The van der Waals surface area contributed by atoms with E-state index in [0.717, 1.165) is 19.3 Å². The van der Waals surface area contributed by atoms with Gasteiger partial charge in [0.25, 0.3) is 0 Å². The lowest BCUT2D eigenvalue weighted by molar-refractivity contribution is 0.0980. The van der Waals surface area contributed by atoms with E-state index < -0.39 is 6.10 Å². The molecule has 1 aliphatic carbocycles. The minimum absolute atomic E-state index is 0.302. The summed E-state index contributed by atoms with van der Waals surface area (Å²) < 4.78 is 0. The molecule has 0 aromatic carbocycles. The molecule has 0 fully saturated rings. The second-order valence-electron chi connectivity index (χ2n) is 3.62. The number of allylic oxidation sites excluding steroid dienone is 2. The summed E-state index contributed by atoms with van der Waals surface area (Å²) in [5.41, 5.74) is 0.688. The Kier molecular flexibility index (Phi) is 2.89. The molecule has 0 bridgehead atoms. The van der Waals surface area contributed by atoms with Crippen molar-refractivity contribution < 1.29 is 5.11 Å². The summed E-state index contributed by atoms with van der Waals surface area (Å²) in [5, 5.41) is 10.0. The maximum Gasteiger partial charge on any atom is 0.101 e. The van der Waals surface area contributed by atoms with Gasteiger partial charge < -0.3 is 5.11 Å². The zero-order chi connectivity index (χ0) is 9.80. The Balaban J connectivity index is 2.08. The molecule has 0 spiro atoms. The fraction of sp³-hybridized carbons (Fsp3) is 0.455. The van der Waals surface area contributed by atoms with Crippen LogP contribution in [0.4, 0.5) is 0 Å². The van der Waals surface area contributed by atoms with Gasteiger partial charge in [-0.2, -0.15) is 0 Å². The maximum absolute atomic E-state index is 10.0. The molecule has 14 heavy (non-hydrogen) atoms. The SMILES string of the molecule is OC(c1cnccn1)C1CC=CCC1. The normalized spacial score (nSPS) is 23.4. The fourth-order valence-corrected chi connectivity index (χ4v) is 1.81. The second kappa shape index (κ2) is 4.33. The van der Waals surface area contributed by atoms with Gasteiger partial charge >= 0.3 is 0 Å². The van der Waals surface area contributed by atoms with Crippen molar-refractivity contribution in [1.29, 1.82) is 0 Å². The Morgan fingerprint density at radius 2 is 2.29 bits per heavy atom. The van der Waals surface area contributed by atoms with Crippen molar-refractivity contribution >= 4 is 0 Å². The van der Waals surface area contributed by atoms with Crippen LogP contribution in [0, 0.1) is 5.92 Å². The van der Waals surface area contributed by atoms with E-state index in [1.165, 1.54) is 0 Å². The topological polar surface area (TPSA) is 46.0 Å². The molecule has 2 unspecified atom stereocenters. The number of nitrogens with zero attached hydrogens (tertiary/aromatic N) is 2. The van der Waals surface area contributed by atoms with Gasteiger partial charge in [0.1, 0.15) is 6.10 Å². The minimum atomic E-state index is -0.464. The van der Waals surface area contributed by atoms with E-state index >= 15 is 0 Å². The average molecular weight is 190 g/mol. The predicted molar refractivity (Wildman–Crippen MR) is 53.5 cm³/mol. The van der Waals surface area contributed by atoms with Crippen LogP contribution in [0.2, 0.25) is 0 Å². The third-order valence-electron chi connectivity index (χ3n) is 2.64. The van der Waals surface area contributed by atoms with E-state index in [2.05, 4.69) is 22.1 Å². The molecule has 0 saturated heterocycles. The summed E-state index contributed by atoms with van der Waals surface area (Å²) in [5.74, 6) is 0.302. The standard InChI is InChI=1S/C11H14N2O/c14-11(9-4-2-1-3-5-9)10-8-12-6-7-13-10/h1-2,6-9,11,14H,3-5H2. The number of rotatable bonds is 2. The molecule has 2 rings (SSSR count). The van der Waals surface area contributed by atoms with Crippen LogP contribution >= 0.6 is 0 Å². The quantitative estimate of drug-likeness (QED) is 0.724. The van der Waals surface area contributed by atoms with Crippen molar-refractivity contribution in [1.82, 2.24) is 9.97 Å². The smallest absolute Gasteiger partial charge is 0.101 e.